The summed E-state index contributed by atoms with van der Waals surface area (Å²) in [5, 5.41) is 12.0. The van der Waals surface area contributed by atoms with Gasteiger partial charge in [-0.15, -0.1) is 0 Å². The number of amides is 3. The lowest BCUT2D eigenvalue weighted by molar-refractivity contribution is -0.127. The monoisotopic (exact) mass is 632 g/mol. The van der Waals surface area contributed by atoms with Crippen LogP contribution in [-0.4, -0.2) is 52.3 Å². The summed E-state index contributed by atoms with van der Waals surface area (Å²) in [6, 6.07) is 22.0. The first-order valence-electron chi connectivity index (χ1n) is 16.5. The van der Waals surface area contributed by atoms with Crippen LogP contribution in [0.3, 0.4) is 0 Å². The zero-order chi connectivity index (χ0) is 32.8. The number of benzene rings is 3. The van der Waals surface area contributed by atoms with Crippen LogP contribution >= 0.6 is 0 Å². The fourth-order valence-corrected chi connectivity index (χ4v) is 6.49. The highest BCUT2D eigenvalue weighted by atomic mass is 16.5. The van der Waals surface area contributed by atoms with E-state index in [0.717, 1.165) is 42.6 Å². The van der Waals surface area contributed by atoms with Gasteiger partial charge in [0, 0.05) is 50.8 Å². The summed E-state index contributed by atoms with van der Waals surface area (Å²) in [5.41, 5.74) is 4.19. The summed E-state index contributed by atoms with van der Waals surface area (Å²) in [7, 11) is 1.81. The number of anilines is 2. The fraction of sp³-hybridized carbons (Fsp3) is 0.378. The van der Waals surface area contributed by atoms with Crippen molar-refractivity contribution in [3.05, 3.63) is 83.4 Å². The second kappa shape index (κ2) is 14.5. The zero-order valence-corrected chi connectivity index (χ0v) is 26.8. The Morgan fingerprint density at radius 3 is 2.60 bits per heavy atom. The van der Waals surface area contributed by atoms with E-state index in [-0.39, 0.29) is 17.7 Å². The van der Waals surface area contributed by atoms with Crippen LogP contribution in [0.25, 0.3) is 11.0 Å². The van der Waals surface area contributed by atoms with Gasteiger partial charge in [-0.1, -0.05) is 31.0 Å². The van der Waals surface area contributed by atoms with Crippen LogP contribution in [0, 0.1) is 17.2 Å². The van der Waals surface area contributed by atoms with Gasteiger partial charge in [0.2, 0.25) is 17.8 Å². The molecule has 1 aliphatic heterocycles. The number of aryl methyl sites for hydroxylation is 1. The number of nitrogens with zero attached hydrogens (tertiary/aromatic N) is 5. The van der Waals surface area contributed by atoms with Crippen molar-refractivity contribution in [3.8, 4) is 11.8 Å². The number of ether oxygens (including phenoxy) is 1. The van der Waals surface area contributed by atoms with Crippen molar-refractivity contribution in [1.29, 1.82) is 5.26 Å². The van der Waals surface area contributed by atoms with Crippen LogP contribution < -0.4 is 15.0 Å². The molecule has 0 bridgehead atoms. The minimum Gasteiger partial charge on any atom is -0.489 e. The highest BCUT2D eigenvalue weighted by Gasteiger charge is 2.23. The average molecular weight is 633 g/mol. The molecule has 0 atom stereocenters. The summed E-state index contributed by atoms with van der Waals surface area (Å²) >= 11 is 0. The largest absolute Gasteiger partial charge is 0.489 e. The summed E-state index contributed by atoms with van der Waals surface area (Å²) in [6.45, 7) is 2.27. The SMILES string of the molecule is CN(C(=O)CC1CCCC1)c1ccc2c(c1)nc(NC(=O)c1cccc(OCc3ccc(C#N)cc3)c1)n2CCCN1CCCC1=O. The van der Waals surface area contributed by atoms with Crippen molar-refractivity contribution in [1.82, 2.24) is 14.5 Å². The molecule has 1 aromatic heterocycles. The Balaban J connectivity index is 1.19. The predicted molar refractivity (Wildman–Crippen MR) is 180 cm³/mol. The molecule has 1 saturated carbocycles. The van der Waals surface area contributed by atoms with E-state index in [1.165, 1.54) is 12.8 Å². The van der Waals surface area contributed by atoms with Crippen molar-refractivity contribution >= 4 is 40.4 Å². The summed E-state index contributed by atoms with van der Waals surface area (Å²) in [4.78, 5) is 47.2. The quantitative estimate of drug-likeness (QED) is 0.196. The summed E-state index contributed by atoms with van der Waals surface area (Å²) < 4.78 is 7.91. The van der Waals surface area contributed by atoms with Crippen LogP contribution in [-0.2, 0) is 22.7 Å². The van der Waals surface area contributed by atoms with Gasteiger partial charge in [0.25, 0.3) is 5.91 Å². The Hall–Kier alpha value is -5.17. The third-order valence-electron chi connectivity index (χ3n) is 9.22. The number of imidazole rings is 1. The number of carbonyl (C=O) groups excluding carboxylic acids is 3. The highest BCUT2D eigenvalue weighted by molar-refractivity contribution is 6.04. The number of nitrogens with one attached hydrogen (secondary N) is 1. The number of hydrogen-bond donors (Lipinski definition) is 1. The van der Waals surface area contributed by atoms with Gasteiger partial charge in [0.15, 0.2) is 0 Å². The maximum atomic E-state index is 13.5. The minimum absolute atomic E-state index is 0.0979. The molecule has 0 spiro atoms. The van der Waals surface area contributed by atoms with Crippen LogP contribution in [0.2, 0.25) is 0 Å². The number of nitriles is 1. The first-order valence-corrected chi connectivity index (χ1v) is 16.5. The van der Waals surface area contributed by atoms with Gasteiger partial charge in [-0.3, -0.25) is 19.7 Å². The first-order chi connectivity index (χ1) is 22.9. The van der Waals surface area contributed by atoms with E-state index in [1.807, 2.05) is 46.8 Å². The molecule has 1 aliphatic carbocycles. The molecule has 2 heterocycles. The third kappa shape index (κ3) is 7.63. The lowest BCUT2D eigenvalue weighted by Crippen LogP contribution is -2.27. The van der Waals surface area contributed by atoms with E-state index in [1.54, 1.807) is 41.3 Å². The van der Waals surface area contributed by atoms with E-state index >= 15 is 0 Å². The van der Waals surface area contributed by atoms with Crippen molar-refractivity contribution < 1.29 is 19.1 Å². The molecule has 10 heteroatoms. The average Bonchev–Trinajstić information content (AvgIpc) is 3.84. The Kier molecular flexibility index (Phi) is 9.81. The Bertz CT molecular complexity index is 1800. The topological polar surface area (TPSA) is 121 Å². The second-order valence-corrected chi connectivity index (χ2v) is 12.5. The predicted octanol–water partition coefficient (Wildman–Crippen LogP) is 6.29. The number of hydrogen-bond acceptors (Lipinski definition) is 6. The van der Waals surface area contributed by atoms with Gasteiger partial charge in [-0.2, -0.15) is 5.26 Å². The van der Waals surface area contributed by atoms with Crippen molar-refractivity contribution in [2.45, 2.75) is 64.5 Å². The van der Waals surface area contributed by atoms with Gasteiger partial charge in [0.1, 0.15) is 12.4 Å². The standard InChI is InChI=1S/C37H40N6O4/c1-41(35(45)21-26-7-2-3-8-26)30-16-17-33-32(23-30)39-37(43(33)20-6-19-42-18-5-11-34(42)44)40-36(46)29-9-4-10-31(22-29)47-25-28-14-12-27(24-38)13-15-28/h4,9-10,12-17,22-23,26H,2-3,5-8,11,18-21,25H2,1H3,(H,39,40,46). The molecule has 47 heavy (non-hydrogen) atoms. The van der Waals surface area contributed by atoms with Crippen molar-refractivity contribution in [3.63, 3.8) is 0 Å². The van der Waals surface area contributed by atoms with Gasteiger partial charge in [-0.25, -0.2) is 4.98 Å². The minimum atomic E-state index is -0.329. The molecule has 242 valence electrons. The number of carbonyl (C=O) groups is 3. The maximum absolute atomic E-state index is 13.5. The van der Waals surface area contributed by atoms with E-state index in [9.17, 15) is 14.4 Å². The molecule has 6 rings (SSSR count). The smallest absolute Gasteiger partial charge is 0.258 e. The number of aromatic nitrogens is 2. The lowest BCUT2D eigenvalue weighted by Gasteiger charge is -2.19. The molecule has 1 saturated heterocycles. The summed E-state index contributed by atoms with van der Waals surface area (Å²) in [6.07, 6.45) is 7.36. The molecule has 0 radical (unpaired) electrons. The molecule has 1 N–H and O–H groups in total. The normalized spacial score (nSPS) is 14.8. The van der Waals surface area contributed by atoms with E-state index in [2.05, 4.69) is 11.4 Å². The van der Waals surface area contributed by atoms with Gasteiger partial charge in [-0.05, 0) is 85.7 Å². The zero-order valence-electron chi connectivity index (χ0n) is 26.8. The number of rotatable bonds is 12. The van der Waals surface area contributed by atoms with E-state index in [0.29, 0.717) is 73.2 Å². The van der Waals surface area contributed by atoms with Crippen LogP contribution in [0.5, 0.6) is 5.75 Å². The molecule has 4 aromatic rings. The van der Waals surface area contributed by atoms with Crippen LogP contribution in [0.1, 0.15) is 72.9 Å². The molecule has 3 aromatic carbocycles. The third-order valence-corrected chi connectivity index (χ3v) is 9.22. The Morgan fingerprint density at radius 1 is 1.04 bits per heavy atom. The van der Waals surface area contributed by atoms with Gasteiger partial charge < -0.3 is 19.1 Å². The first kappa shape index (κ1) is 31.8. The molecule has 2 fully saturated rings. The van der Waals surface area contributed by atoms with Crippen molar-refractivity contribution in [2.75, 3.05) is 30.4 Å². The molecule has 2 aliphatic rings. The molecular formula is C37H40N6O4. The summed E-state index contributed by atoms with van der Waals surface area (Å²) in [5.74, 6) is 1.35. The van der Waals surface area contributed by atoms with Gasteiger partial charge >= 0.3 is 0 Å². The molecule has 10 nitrogen and oxygen atoms in total. The van der Waals surface area contributed by atoms with Gasteiger partial charge in [0.05, 0.1) is 22.7 Å². The number of fused-ring (bicyclic) bond motifs is 1. The maximum Gasteiger partial charge on any atom is 0.258 e. The fourth-order valence-electron chi connectivity index (χ4n) is 6.49. The number of likely N-dealkylation sites (tertiary alicyclic amines) is 1. The van der Waals surface area contributed by atoms with Crippen LogP contribution in [0.15, 0.2) is 66.7 Å². The lowest BCUT2D eigenvalue weighted by atomic mass is 10.0. The Labute approximate surface area is 274 Å². The van der Waals surface area contributed by atoms with E-state index < -0.39 is 0 Å². The Morgan fingerprint density at radius 2 is 1.85 bits per heavy atom. The highest BCUT2D eigenvalue weighted by Crippen LogP contribution is 2.30. The van der Waals surface area contributed by atoms with E-state index in [4.69, 9.17) is 15.0 Å². The second-order valence-electron chi connectivity index (χ2n) is 12.5. The van der Waals surface area contributed by atoms with Crippen molar-refractivity contribution in [2.24, 2.45) is 5.92 Å². The molecular weight excluding hydrogens is 592 g/mol. The molecule has 0 unspecified atom stereocenters. The van der Waals surface area contributed by atoms with Crippen LogP contribution in [0.4, 0.5) is 11.6 Å². The molecule has 3 amide bonds.